The van der Waals surface area contributed by atoms with E-state index in [9.17, 15) is 13.2 Å². The van der Waals surface area contributed by atoms with E-state index < -0.39 is 25.5 Å². The van der Waals surface area contributed by atoms with Crippen LogP contribution in [-0.4, -0.2) is 24.2 Å². The number of ether oxygens (including phenoxy) is 1. The molecule has 0 unspecified atom stereocenters. The topological polar surface area (TPSA) is 58.9 Å². The first-order chi connectivity index (χ1) is 6.90. The van der Waals surface area contributed by atoms with Crippen LogP contribution in [0.25, 0.3) is 0 Å². The van der Waals surface area contributed by atoms with Gasteiger partial charge in [0.15, 0.2) is 0 Å². The van der Waals surface area contributed by atoms with Crippen LogP contribution in [0.3, 0.4) is 0 Å². The van der Waals surface area contributed by atoms with Crippen LogP contribution >= 0.6 is 0 Å². The fraction of sp³-hybridized carbons (Fsp3) is 0.143. The predicted octanol–water partition coefficient (Wildman–Crippen LogP) is 0.928. The van der Waals surface area contributed by atoms with Gasteiger partial charge in [-0.1, -0.05) is 0 Å². The summed E-state index contributed by atoms with van der Waals surface area (Å²) in [4.78, 5) is 0. The van der Waals surface area contributed by atoms with Gasteiger partial charge in [0.1, 0.15) is 17.2 Å². The molecule has 0 saturated heterocycles. The van der Waals surface area contributed by atoms with Crippen LogP contribution in [-0.2, 0) is 0 Å². The Morgan fingerprint density at radius 3 is 2.27 bits per heavy atom. The predicted molar refractivity (Wildman–Crippen MR) is 44.8 cm³/mol. The van der Waals surface area contributed by atoms with E-state index in [0.29, 0.717) is 0 Å². The molecular weight excluding hydrogens is 216 g/mol. The van der Waals surface area contributed by atoms with Gasteiger partial charge in [-0.05, 0) is 0 Å². The number of halogens is 3. The molecule has 0 amide bonds. The van der Waals surface area contributed by atoms with Gasteiger partial charge in [0.05, 0.1) is 0 Å². The minimum atomic E-state index is -4.84. The van der Waals surface area contributed by atoms with Crippen LogP contribution in [0.1, 0.15) is 0 Å². The Morgan fingerprint density at radius 1 is 1.13 bits per heavy atom. The Hall–Kier alpha value is -1.57. The van der Waals surface area contributed by atoms with Crippen LogP contribution < -0.4 is 9.39 Å². The van der Waals surface area contributed by atoms with E-state index in [1.807, 2.05) is 0 Å². The molecule has 1 aromatic rings. The van der Waals surface area contributed by atoms with E-state index in [1.165, 1.54) is 0 Å². The molecule has 0 aromatic heterocycles. The molecule has 0 atom stereocenters. The van der Waals surface area contributed by atoms with Gasteiger partial charge >= 0.3 is 14.0 Å². The molecule has 0 saturated carbocycles. The molecule has 2 N–H and O–H groups in total. The van der Waals surface area contributed by atoms with E-state index in [2.05, 4.69) is 9.39 Å². The summed E-state index contributed by atoms with van der Waals surface area (Å²) in [5, 5.41) is 17.4. The van der Waals surface area contributed by atoms with Crippen molar-refractivity contribution in [2.75, 3.05) is 0 Å². The lowest BCUT2D eigenvalue weighted by Gasteiger charge is -2.10. The third kappa shape index (κ3) is 3.98. The van der Waals surface area contributed by atoms with Gasteiger partial charge in [-0.25, -0.2) is 0 Å². The molecule has 0 spiro atoms. The molecule has 0 radical (unpaired) electrons. The monoisotopic (exact) mass is 222 g/mol. The van der Waals surface area contributed by atoms with Crippen molar-refractivity contribution in [2.24, 2.45) is 0 Å². The first kappa shape index (κ1) is 11.5. The lowest BCUT2D eigenvalue weighted by atomic mass is 10.3. The Bertz CT molecular complexity index is 341. The molecule has 0 aliphatic carbocycles. The standard InChI is InChI=1S/C7H6BF3O4/c9-7(10,11)14-5-1-4(12)2-6(3-5)15-8-13/h1-3,8,12-13H. The average molecular weight is 222 g/mol. The zero-order valence-corrected chi connectivity index (χ0v) is 7.28. The molecule has 0 fully saturated rings. The average Bonchev–Trinajstić information content (AvgIpc) is 1.99. The number of hydrogen-bond donors (Lipinski definition) is 2. The maximum atomic E-state index is 11.8. The second-order valence-electron chi connectivity index (χ2n) is 2.48. The van der Waals surface area contributed by atoms with E-state index in [-0.39, 0.29) is 5.75 Å². The molecule has 8 heteroatoms. The number of hydrogen-bond acceptors (Lipinski definition) is 4. The quantitative estimate of drug-likeness (QED) is 0.746. The highest BCUT2D eigenvalue weighted by Gasteiger charge is 2.31. The second kappa shape index (κ2) is 4.30. The van der Waals surface area contributed by atoms with Gasteiger partial charge in [-0.2, -0.15) is 0 Å². The molecule has 0 aliphatic heterocycles. The molecule has 82 valence electrons. The van der Waals surface area contributed by atoms with Gasteiger partial charge in [0.25, 0.3) is 0 Å². The highest BCUT2D eigenvalue weighted by atomic mass is 19.4. The van der Waals surface area contributed by atoms with E-state index >= 15 is 0 Å². The van der Waals surface area contributed by atoms with Crippen LogP contribution in [0.2, 0.25) is 0 Å². The number of aromatic hydroxyl groups is 1. The Labute approximate surface area is 83.2 Å². The molecule has 0 heterocycles. The number of benzene rings is 1. The van der Waals surface area contributed by atoms with Crippen molar-refractivity contribution in [3.05, 3.63) is 18.2 Å². The lowest BCUT2D eigenvalue weighted by Crippen LogP contribution is -2.17. The summed E-state index contributed by atoms with van der Waals surface area (Å²) >= 11 is 0. The number of phenols is 1. The van der Waals surface area contributed by atoms with E-state index in [4.69, 9.17) is 10.1 Å². The first-order valence-corrected chi connectivity index (χ1v) is 3.74. The normalized spacial score (nSPS) is 10.9. The van der Waals surface area contributed by atoms with Gasteiger partial charge in [0, 0.05) is 18.2 Å². The molecule has 1 rings (SSSR count). The summed E-state index contributed by atoms with van der Waals surface area (Å²) in [6.07, 6.45) is -4.84. The maximum Gasteiger partial charge on any atom is 0.573 e. The van der Waals surface area contributed by atoms with Gasteiger partial charge < -0.3 is 19.5 Å². The number of phenolic OH excluding ortho intramolecular Hbond substituents is 1. The zero-order chi connectivity index (χ0) is 11.5. The SMILES string of the molecule is OBOc1cc(O)cc(OC(F)(F)F)c1. The smallest absolute Gasteiger partial charge is 0.539 e. The summed E-state index contributed by atoms with van der Waals surface area (Å²) in [5.74, 6) is -1.21. The van der Waals surface area contributed by atoms with E-state index in [1.54, 1.807) is 0 Å². The lowest BCUT2D eigenvalue weighted by molar-refractivity contribution is -0.274. The van der Waals surface area contributed by atoms with Crippen molar-refractivity contribution in [3.8, 4) is 17.2 Å². The molecule has 4 nitrogen and oxygen atoms in total. The summed E-state index contributed by atoms with van der Waals surface area (Å²) in [7, 11) is -0.713. The largest absolute Gasteiger partial charge is 0.573 e. The Balaban J connectivity index is 2.88. The van der Waals surface area contributed by atoms with Gasteiger partial charge in [-0.15, -0.1) is 13.2 Å². The fourth-order valence-corrected chi connectivity index (χ4v) is 0.907. The Morgan fingerprint density at radius 2 is 1.73 bits per heavy atom. The minimum Gasteiger partial charge on any atom is -0.539 e. The zero-order valence-electron chi connectivity index (χ0n) is 7.28. The maximum absolute atomic E-state index is 11.8. The van der Waals surface area contributed by atoms with Crippen LogP contribution in [0.15, 0.2) is 18.2 Å². The van der Waals surface area contributed by atoms with Crippen LogP contribution in [0.5, 0.6) is 17.2 Å². The number of alkyl halides is 3. The highest BCUT2D eigenvalue weighted by Crippen LogP contribution is 2.30. The van der Waals surface area contributed by atoms with Crippen molar-refractivity contribution < 1.29 is 32.7 Å². The fourth-order valence-electron chi connectivity index (χ4n) is 0.907. The third-order valence-corrected chi connectivity index (χ3v) is 1.33. The van der Waals surface area contributed by atoms with E-state index in [0.717, 1.165) is 18.2 Å². The third-order valence-electron chi connectivity index (χ3n) is 1.33. The molecule has 0 bridgehead atoms. The molecule has 0 aliphatic rings. The molecule has 15 heavy (non-hydrogen) atoms. The summed E-state index contributed by atoms with van der Waals surface area (Å²) in [6.45, 7) is 0. The van der Waals surface area contributed by atoms with Crippen LogP contribution in [0.4, 0.5) is 13.2 Å². The van der Waals surface area contributed by atoms with Crippen molar-refractivity contribution in [2.45, 2.75) is 6.36 Å². The summed E-state index contributed by atoms with van der Waals surface area (Å²) < 4.78 is 43.4. The van der Waals surface area contributed by atoms with Gasteiger partial charge in [-0.3, -0.25) is 0 Å². The first-order valence-electron chi connectivity index (χ1n) is 3.74. The van der Waals surface area contributed by atoms with Crippen LogP contribution in [0, 0.1) is 0 Å². The van der Waals surface area contributed by atoms with Gasteiger partial charge in [0.2, 0.25) is 0 Å². The van der Waals surface area contributed by atoms with Crippen molar-refractivity contribution >= 4 is 7.69 Å². The number of rotatable bonds is 3. The molecule has 1 aromatic carbocycles. The minimum absolute atomic E-state index is 0.128. The van der Waals surface area contributed by atoms with Crippen molar-refractivity contribution in [3.63, 3.8) is 0 Å². The van der Waals surface area contributed by atoms with Crippen molar-refractivity contribution in [1.82, 2.24) is 0 Å². The molecular formula is C7H6BF3O4. The summed E-state index contributed by atoms with van der Waals surface area (Å²) in [6, 6.07) is 2.71. The Kier molecular flexibility index (Phi) is 3.30. The summed E-state index contributed by atoms with van der Waals surface area (Å²) in [5.41, 5.74) is 0. The van der Waals surface area contributed by atoms with Crippen molar-refractivity contribution in [1.29, 1.82) is 0 Å². The second-order valence-corrected chi connectivity index (χ2v) is 2.48. The highest BCUT2D eigenvalue weighted by molar-refractivity contribution is 6.17.